The van der Waals surface area contributed by atoms with Crippen molar-refractivity contribution in [1.82, 2.24) is 20.9 Å². The first-order chi connectivity index (χ1) is 16.5. The van der Waals surface area contributed by atoms with Crippen molar-refractivity contribution < 1.29 is 34.2 Å². The van der Waals surface area contributed by atoms with Crippen molar-refractivity contribution in [3.8, 4) is 0 Å². The maximum atomic E-state index is 13.0. The topological polar surface area (TPSA) is 204 Å². The first-order valence-corrected chi connectivity index (χ1v) is 11.4. The third kappa shape index (κ3) is 8.00. The van der Waals surface area contributed by atoms with E-state index in [4.69, 9.17) is 15.9 Å². The zero-order chi connectivity index (χ0) is 26.1. The quantitative estimate of drug-likeness (QED) is 0.164. The number of hydrogen-bond acceptors (Lipinski definition) is 7. The summed E-state index contributed by atoms with van der Waals surface area (Å²) in [4.78, 5) is 63.5. The Hall–Kier alpha value is -3.58. The predicted octanol–water partition coefficient (Wildman–Crippen LogP) is -0.609. The summed E-state index contributed by atoms with van der Waals surface area (Å²) in [6, 6.07) is 2.54. The first-order valence-electron chi connectivity index (χ1n) is 10.8. The Bertz CT molecular complexity index is 1090. The van der Waals surface area contributed by atoms with Crippen molar-refractivity contribution in [2.24, 2.45) is 5.73 Å². The van der Waals surface area contributed by atoms with E-state index in [1.54, 1.807) is 6.20 Å². The van der Waals surface area contributed by atoms with Gasteiger partial charge in [-0.25, -0.2) is 0 Å². The van der Waals surface area contributed by atoms with Crippen LogP contribution in [-0.4, -0.2) is 74.8 Å². The number of nitrogens with two attached hydrogens (primary N) is 1. The predicted molar refractivity (Wildman–Crippen MR) is 130 cm³/mol. The van der Waals surface area contributed by atoms with Gasteiger partial charge in [0, 0.05) is 35.7 Å². The Balaban J connectivity index is 2.29. The summed E-state index contributed by atoms with van der Waals surface area (Å²) in [6.07, 6.45) is 1.000. The van der Waals surface area contributed by atoms with Gasteiger partial charge in [-0.15, -0.1) is 0 Å². The zero-order valence-electron chi connectivity index (χ0n) is 19.0. The number of carbonyl (C=O) groups excluding carboxylic acids is 3. The summed E-state index contributed by atoms with van der Waals surface area (Å²) in [5.41, 5.74) is 7.13. The molecule has 12 nitrogen and oxygen atoms in total. The molecule has 0 spiro atoms. The van der Waals surface area contributed by atoms with Crippen molar-refractivity contribution in [3.63, 3.8) is 0 Å². The molecule has 3 amide bonds. The lowest BCUT2D eigenvalue weighted by Gasteiger charge is -2.24. The Morgan fingerprint density at radius 3 is 2.26 bits per heavy atom. The highest BCUT2D eigenvalue weighted by Crippen LogP contribution is 2.19. The molecule has 1 aromatic heterocycles. The van der Waals surface area contributed by atoms with Gasteiger partial charge in [-0.3, -0.25) is 24.0 Å². The fourth-order valence-electron chi connectivity index (χ4n) is 3.28. The molecule has 4 unspecified atom stereocenters. The molecule has 2 rings (SSSR count). The molecule has 13 heteroatoms. The van der Waals surface area contributed by atoms with Crippen molar-refractivity contribution in [2.75, 3.05) is 5.75 Å². The molecule has 4 atom stereocenters. The average Bonchev–Trinajstić information content (AvgIpc) is 3.22. The molecule has 0 aliphatic carbocycles. The van der Waals surface area contributed by atoms with Crippen LogP contribution in [0.4, 0.5) is 0 Å². The number of benzene rings is 1. The molecule has 1 aromatic carbocycles. The first kappa shape index (κ1) is 27.7. The van der Waals surface area contributed by atoms with Gasteiger partial charge in [0.2, 0.25) is 17.7 Å². The van der Waals surface area contributed by atoms with Crippen molar-refractivity contribution in [1.29, 1.82) is 0 Å². The number of hydrogen-bond donors (Lipinski definition) is 8. The van der Waals surface area contributed by atoms with Gasteiger partial charge in [-0.2, -0.15) is 12.6 Å². The highest BCUT2D eigenvalue weighted by atomic mass is 32.1. The molecular weight excluding hydrogens is 478 g/mol. The minimum Gasteiger partial charge on any atom is -0.481 e. The second kappa shape index (κ2) is 12.8. The van der Waals surface area contributed by atoms with Gasteiger partial charge < -0.3 is 36.9 Å². The molecule has 8 N–H and O–H groups in total. The molecule has 35 heavy (non-hydrogen) atoms. The summed E-state index contributed by atoms with van der Waals surface area (Å²) in [6.45, 7) is 1.28. The molecule has 0 saturated carbocycles. The van der Waals surface area contributed by atoms with E-state index in [0.29, 0.717) is 5.56 Å². The van der Waals surface area contributed by atoms with Gasteiger partial charge in [0.05, 0.1) is 6.04 Å². The molecule has 0 bridgehead atoms. The highest BCUT2D eigenvalue weighted by Gasteiger charge is 2.30. The van der Waals surface area contributed by atoms with E-state index in [1.165, 1.54) is 6.92 Å². The van der Waals surface area contributed by atoms with Crippen molar-refractivity contribution >= 4 is 53.2 Å². The minimum absolute atomic E-state index is 0.00221. The van der Waals surface area contributed by atoms with E-state index >= 15 is 0 Å². The van der Waals surface area contributed by atoms with Crippen LogP contribution >= 0.6 is 12.6 Å². The third-order valence-corrected chi connectivity index (χ3v) is 5.67. The lowest BCUT2D eigenvalue weighted by atomic mass is 10.0. The number of carbonyl (C=O) groups is 5. The SMILES string of the molecule is CC(NC(=O)C(Cc1c[nH]c2ccccc12)NC(=O)C(CCC(=O)O)NC(=O)C(N)CS)C(=O)O. The van der Waals surface area contributed by atoms with Gasteiger partial charge >= 0.3 is 11.9 Å². The maximum Gasteiger partial charge on any atom is 0.325 e. The van der Waals surface area contributed by atoms with Crippen LogP contribution in [-0.2, 0) is 30.4 Å². The summed E-state index contributed by atoms with van der Waals surface area (Å²) in [7, 11) is 0. The van der Waals surface area contributed by atoms with Gasteiger partial charge in [0.1, 0.15) is 18.1 Å². The van der Waals surface area contributed by atoms with Crippen LogP contribution in [0.5, 0.6) is 0 Å². The van der Waals surface area contributed by atoms with Gasteiger partial charge in [0.25, 0.3) is 0 Å². The summed E-state index contributed by atoms with van der Waals surface area (Å²) < 4.78 is 0. The number of carboxylic acids is 2. The summed E-state index contributed by atoms with van der Waals surface area (Å²) >= 11 is 3.94. The van der Waals surface area contributed by atoms with Crippen molar-refractivity contribution in [3.05, 3.63) is 36.0 Å². The van der Waals surface area contributed by atoms with Gasteiger partial charge in [-0.1, -0.05) is 18.2 Å². The third-order valence-electron chi connectivity index (χ3n) is 5.27. The Labute approximate surface area is 206 Å². The van der Waals surface area contributed by atoms with E-state index in [2.05, 4.69) is 33.6 Å². The number of H-pyrrole nitrogens is 1. The van der Waals surface area contributed by atoms with Crippen LogP contribution in [0.15, 0.2) is 30.5 Å². The second-order valence-electron chi connectivity index (χ2n) is 7.98. The Kier molecular flexibility index (Phi) is 10.1. The fraction of sp³-hybridized carbons (Fsp3) is 0.409. The molecular formula is C22H29N5O7S. The number of rotatable bonds is 13. The molecule has 190 valence electrons. The number of nitrogens with one attached hydrogen (secondary N) is 4. The van der Waals surface area contributed by atoms with E-state index in [9.17, 15) is 24.0 Å². The Morgan fingerprint density at radius 1 is 1.00 bits per heavy atom. The molecule has 2 aromatic rings. The number of amides is 3. The number of aromatic amines is 1. The van der Waals surface area contributed by atoms with E-state index in [1.807, 2.05) is 24.3 Å². The largest absolute Gasteiger partial charge is 0.481 e. The molecule has 1 heterocycles. The molecule has 0 saturated heterocycles. The molecule has 0 fully saturated rings. The monoisotopic (exact) mass is 507 g/mol. The second-order valence-corrected chi connectivity index (χ2v) is 8.34. The normalized spacial score (nSPS) is 14.4. The molecule has 0 aliphatic heterocycles. The number of carboxylic acid groups (broad SMARTS) is 2. The maximum absolute atomic E-state index is 13.0. The summed E-state index contributed by atoms with van der Waals surface area (Å²) in [5.74, 6) is -4.72. The summed E-state index contributed by atoms with van der Waals surface area (Å²) in [5, 5.41) is 26.2. The highest BCUT2D eigenvalue weighted by molar-refractivity contribution is 7.80. The van der Waals surface area contributed by atoms with E-state index < -0.39 is 60.2 Å². The van der Waals surface area contributed by atoms with E-state index in [0.717, 1.165) is 10.9 Å². The molecule has 0 aliphatic rings. The van der Waals surface area contributed by atoms with E-state index in [-0.39, 0.29) is 18.6 Å². The average molecular weight is 508 g/mol. The zero-order valence-corrected chi connectivity index (χ0v) is 19.9. The van der Waals surface area contributed by atoms with Crippen molar-refractivity contribution in [2.45, 2.75) is 50.4 Å². The lowest BCUT2D eigenvalue weighted by molar-refractivity contribution is -0.141. The van der Waals surface area contributed by atoms with Crippen LogP contribution in [0.25, 0.3) is 10.9 Å². The number of para-hydroxylation sites is 1. The molecule has 0 radical (unpaired) electrons. The standard InChI is InChI=1S/C22H29N5O7S/c1-11(22(33)34)25-21(32)17(8-12-9-24-15-5-3-2-4-13(12)15)27-20(31)16(6-7-18(28)29)26-19(30)14(23)10-35/h2-5,9,11,14,16-17,24,35H,6-8,10,23H2,1H3,(H,25,32)(H,26,30)(H,27,31)(H,28,29)(H,33,34). The van der Waals surface area contributed by atoms with Crippen LogP contribution < -0.4 is 21.7 Å². The smallest absolute Gasteiger partial charge is 0.325 e. The minimum atomic E-state index is -1.29. The number of aromatic nitrogens is 1. The fourth-order valence-corrected chi connectivity index (χ4v) is 3.44. The van der Waals surface area contributed by atoms with Gasteiger partial charge in [-0.05, 0) is 25.0 Å². The Morgan fingerprint density at radius 2 is 1.63 bits per heavy atom. The van der Waals surface area contributed by atoms with Crippen LogP contribution in [0.2, 0.25) is 0 Å². The van der Waals surface area contributed by atoms with Crippen LogP contribution in [0.1, 0.15) is 25.3 Å². The van der Waals surface area contributed by atoms with Crippen LogP contribution in [0.3, 0.4) is 0 Å². The number of aliphatic carboxylic acids is 2. The number of fused-ring (bicyclic) bond motifs is 1. The number of thiol groups is 1. The van der Waals surface area contributed by atoms with Gasteiger partial charge in [0.15, 0.2) is 0 Å². The van der Waals surface area contributed by atoms with Crippen LogP contribution in [0, 0.1) is 0 Å². The lowest BCUT2D eigenvalue weighted by Crippen LogP contribution is -2.57.